The second-order valence-electron chi connectivity index (χ2n) is 22.2. The zero-order valence-corrected chi connectivity index (χ0v) is 51.1. The number of methoxy groups -OCH3 is 4. The third-order valence-corrected chi connectivity index (χ3v) is 15.8. The minimum absolute atomic E-state index is 0.0114. The van der Waals surface area contributed by atoms with E-state index in [2.05, 4.69) is 36.6 Å². The molecule has 9 atom stereocenters. The van der Waals surface area contributed by atoms with Crippen molar-refractivity contribution in [1.82, 2.24) is 20.4 Å². The molecule has 17 heteroatoms. The molecule has 82 heavy (non-hydrogen) atoms. The van der Waals surface area contributed by atoms with Gasteiger partial charge < -0.3 is 49.1 Å². The summed E-state index contributed by atoms with van der Waals surface area (Å²) < 4.78 is 33.4. The van der Waals surface area contributed by atoms with Crippen molar-refractivity contribution >= 4 is 35.8 Å². The summed E-state index contributed by atoms with van der Waals surface area (Å²) in [6, 6.07) is 27.8. The lowest BCUT2D eigenvalue weighted by molar-refractivity contribution is -0.150. The predicted molar refractivity (Wildman–Crippen MR) is 317 cm³/mol. The van der Waals surface area contributed by atoms with Gasteiger partial charge in [0.15, 0.2) is 0 Å². The van der Waals surface area contributed by atoms with Crippen LogP contribution >= 0.6 is 0 Å². The average Bonchev–Trinajstić information content (AvgIpc) is 4.00. The van der Waals surface area contributed by atoms with E-state index in [1.165, 1.54) is 24.0 Å². The summed E-state index contributed by atoms with van der Waals surface area (Å²) in [6.45, 7) is 17.5. The Labute approximate surface area is 487 Å². The molecule has 1 aliphatic carbocycles. The Hall–Kier alpha value is -6.98. The molecular weight excluding hydrogens is 1040 g/mol. The van der Waals surface area contributed by atoms with Gasteiger partial charge in [0.1, 0.15) is 42.8 Å². The van der Waals surface area contributed by atoms with Crippen molar-refractivity contribution in [2.45, 2.75) is 150 Å². The number of carboxylic acids is 1. The Balaban J connectivity index is 0.000000363. The summed E-state index contributed by atoms with van der Waals surface area (Å²) >= 11 is 0. The van der Waals surface area contributed by atoms with Crippen molar-refractivity contribution in [3.8, 4) is 22.6 Å². The first-order valence-electron chi connectivity index (χ1n) is 28.7. The number of rotatable bonds is 30. The summed E-state index contributed by atoms with van der Waals surface area (Å²) in [7, 11) is 9.36. The molecule has 17 nitrogen and oxygen atoms in total. The number of unbranched alkanes of at least 4 members (excludes halogenated alkanes) is 1. The van der Waals surface area contributed by atoms with Gasteiger partial charge in [0.25, 0.3) is 0 Å². The highest BCUT2D eigenvalue weighted by atomic mass is 16.6. The number of carbonyl (C=O) groups is 6. The Morgan fingerprint density at radius 1 is 0.671 bits per heavy atom. The topological polar surface area (TPSA) is 209 Å². The first-order chi connectivity index (χ1) is 39.1. The number of amides is 4. The fraction of sp³-hybridized carbons (Fsp3) is 0.538. The van der Waals surface area contributed by atoms with E-state index in [-0.39, 0.29) is 67.1 Å². The third-order valence-electron chi connectivity index (χ3n) is 15.8. The highest BCUT2D eigenvalue weighted by Gasteiger charge is 2.40. The summed E-state index contributed by atoms with van der Waals surface area (Å²) in [4.78, 5) is 82.0. The number of hydrogen-bond donors (Lipinski definition) is 3. The van der Waals surface area contributed by atoms with Gasteiger partial charge in [-0.3, -0.25) is 24.1 Å². The van der Waals surface area contributed by atoms with Gasteiger partial charge in [0.2, 0.25) is 17.7 Å². The zero-order valence-electron chi connectivity index (χ0n) is 51.1. The SMILES string of the molecule is CCC(C)C(C(CC(=O)O)OC)N(C)C(=O)[C@@H](NC(=O)C(C(C)C)N(C)C(=O)OCC1c2ccccc2-c2ccccc21)C(C)C.CCCCC(C)C(OC)C(C)C(=O)N[C@@H](Cc1ccccc1)C(=O)OCc1ccc(OC)cc1OC. The van der Waals surface area contributed by atoms with Crippen LogP contribution < -0.4 is 20.1 Å². The molecule has 4 aromatic rings. The molecular formula is C65H92N4O13. The Bertz CT molecular complexity index is 2640. The van der Waals surface area contributed by atoms with E-state index in [4.69, 9.17) is 28.4 Å². The number of fused-ring (bicyclic) bond motifs is 3. The molecule has 0 radical (unpaired) electrons. The maximum absolute atomic E-state index is 13.9. The summed E-state index contributed by atoms with van der Waals surface area (Å²) in [5.74, 6) is -2.34. The van der Waals surface area contributed by atoms with E-state index < -0.39 is 60.1 Å². The molecule has 0 aromatic heterocycles. The number of carboxylic acid groups (broad SMARTS) is 1. The normalized spacial score (nSPS) is 15.1. The van der Waals surface area contributed by atoms with E-state index in [1.807, 2.05) is 115 Å². The monoisotopic (exact) mass is 1140 g/mol. The number of likely N-dealkylation sites (N-methyl/N-ethyl adjacent to an activating group) is 2. The van der Waals surface area contributed by atoms with Gasteiger partial charge in [-0.05, 0) is 70.0 Å². The molecule has 0 saturated carbocycles. The minimum atomic E-state index is -1.02. The second kappa shape index (κ2) is 33.2. The molecule has 0 saturated heterocycles. The number of benzene rings is 4. The van der Waals surface area contributed by atoms with Crippen molar-refractivity contribution in [2.75, 3.05) is 49.1 Å². The zero-order chi connectivity index (χ0) is 60.8. The molecule has 0 heterocycles. The molecule has 0 fully saturated rings. The summed E-state index contributed by atoms with van der Waals surface area (Å²) in [5, 5.41) is 15.3. The van der Waals surface area contributed by atoms with Crippen LogP contribution in [0.4, 0.5) is 4.79 Å². The van der Waals surface area contributed by atoms with Crippen LogP contribution in [0.2, 0.25) is 0 Å². The van der Waals surface area contributed by atoms with Crippen LogP contribution in [0.3, 0.4) is 0 Å². The van der Waals surface area contributed by atoms with Crippen molar-refractivity contribution in [3.63, 3.8) is 0 Å². The highest BCUT2D eigenvalue weighted by Crippen LogP contribution is 2.44. The number of ether oxygens (including phenoxy) is 6. The van der Waals surface area contributed by atoms with E-state index in [0.717, 1.165) is 47.1 Å². The highest BCUT2D eigenvalue weighted by molar-refractivity contribution is 5.92. The smallest absolute Gasteiger partial charge is 0.410 e. The van der Waals surface area contributed by atoms with Gasteiger partial charge in [-0.1, -0.05) is 160 Å². The molecule has 0 bridgehead atoms. The van der Waals surface area contributed by atoms with E-state index >= 15 is 0 Å². The van der Waals surface area contributed by atoms with E-state index in [1.54, 1.807) is 46.6 Å². The number of hydrogen-bond acceptors (Lipinski definition) is 12. The van der Waals surface area contributed by atoms with Gasteiger partial charge in [0.05, 0.1) is 44.8 Å². The Morgan fingerprint density at radius 2 is 1.28 bits per heavy atom. The standard InChI is InChI=1S/C36H51N3O7.C29H41NO6/c1-10-23(6)33(29(45-9)19-30(40)41)38(7)35(43)31(21(2)3)37-34(42)32(22(4)5)39(8)36(44)46-20-28-26-17-13-11-15-24(26)25-16-12-14-18-27(25)28;1-7-8-12-20(2)27(35-6)21(3)28(31)30-25(17-22-13-10-9-11-14-22)29(32)36-19-23-15-16-24(33-4)18-26(23)34-5/h11-18,21-23,28-29,31-33H,10,19-20H2,1-9H3,(H,37,42)(H,40,41);9-11,13-16,18,20-21,25,27H,7-8,12,17,19H2,1-6H3,(H,30,31)/t23?,29?,31-,32?,33?;20?,21?,25-,27?/m00/s1. The number of carbonyl (C=O) groups excluding carboxylic acids is 5. The third kappa shape index (κ3) is 18.3. The Kier molecular flexibility index (Phi) is 27.3. The summed E-state index contributed by atoms with van der Waals surface area (Å²) in [5.41, 5.74) is 6.06. The minimum Gasteiger partial charge on any atom is -0.497 e. The van der Waals surface area contributed by atoms with Crippen LogP contribution in [0.15, 0.2) is 97.1 Å². The van der Waals surface area contributed by atoms with E-state index in [9.17, 15) is 33.9 Å². The lowest BCUT2D eigenvalue weighted by Crippen LogP contribution is -2.60. The van der Waals surface area contributed by atoms with Crippen molar-refractivity contribution in [3.05, 3.63) is 119 Å². The lowest BCUT2D eigenvalue weighted by Gasteiger charge is -2.40. The predicted octanol–water partition coefficient (Wildman–Crippen LogP) is 10.3. The van der Waals surface area contributed by atoms with Gasteiger partial charge in [-0.15, -0.1) is 0 Å². The van der Waals surface area contributed by atoms with Gasteiger partial charge in [0, 0.05) is 52.3 Å². The number of nitrogens with one attached hydrogen (secondary N) is 2. The van der Waals surface area contributed by atoms with E-state index in [0.29, 0.717) is 29.9 Å². The Morgan fingerprint density at radius 3 is 1.80 bits per heavy atom. The van der Waals surface area contributed by atoms with Crippen LogP contribution in [-0.4, -0.2) is 136 Å². The van der Waals surface area contributed by atoms with Gasteiger partial charge in [-0.25, -0.2) is 9.59 Å². The van der Waals surface area contributed by atoms with Crippen LogP contribution in [0.25, 0.3) is 11.1 Å². The largest absolute Gasteiger partial charge is 0.497 e. The van der Waals surface area contributed by atoms with Crippen molar-refractivity contribution in [1.29, 1.82) is 0 Å². The summed E-state index contributed by atoms with van der Waals surface area (Å²) in [6.07, 6.45) is 2.30. The average molecular weight is 1140 g/mol. The second-order valence-corrected chi connectivity index (χ2v) is 22.2. The first kappa shape index (κ1) is 67.5. The van der Waals surface area contributed by atoms with Crippen LogP contribution in [0.1, 0.15) is 123 Å². The fourth-order valence-electron chi connectivity index (χ4n) is 10.9. The molecule has 4 amide bonds. The number of aliphatic carboxylic acids is 1. The maximum atomic E-state index is 13.9. The molecule has 0 aliphatic heterocycles. The van der Waals surface area contributed by atoms with Gasteiger partial charge >= 0.3 is 18.0 Å². The molecule has 4 aromatic carbocycles. The lowest BCUT2D eigenvalue weighted by atomic mass is 9.88. The van der Waals surface area contributed by atoms with Crippen molar-refractivity contribution < 1.29 is 62.3 Å². The molecule has 7 unspecified atom stereocenters. The maximum Gasteiger partial charge on any atom is 0.410 e. The van der Waals surface area contributed by atoms with Crippen LogP contribution in [-0.2, 0) is 55.9 Å². The number of esters is 1. The molecule has 1 aliphatic rings. The quantitative estimate of drug-likeness (QED) is 0.0416. The molecule has 450 valence electrons. The molecule has 0 spiro atoms. The van der Waals surface area contributed by atoms with Crippen LogP contribution in [0.5, 0.6) is 11.5 Å². The molecule has 3 N–H and O–H groups in total. The molecule has 5 rings (SSSR count). The van der Waals surface area contributed by atoms with Gasteiger partial charge in [-0.2, -0.15) is 0 Å². The number of nitrogens with zero attached hydrogens (tertiary/aromatic N) is 2. The fourth-order valence-corrected chi connectivity index (χ4v) is 10.9. The van der Waals surface area contributed by atoms with Crippen molar-refractivity contribution in [2.24, 2.45) is 29.6 Å². The first-order valence-corrected chi connectivity index (χ1v) is 28.7. The van der Waals surface area contributed by atoms with Crippen LogP contribution in [0, 0.1) is 29.6 Å².